The lowest BCUT2D eigenvalue weighted by molar-refractivity contribution is 0.107. The van der Waals surface area contributed by atoms with Crippen LogP contribution in [0.5, 0.6) is 0 Å². The number of oxazole rings is 1. The van der Waals surface area contributed by atoms with E-state index >= 15 is 0 Å². The molecule has 1 N–H and O–H groups in total. The van der Waals surface area contributed by atoms with Crippen molar-refractivity contribution in [2.45, 2.75) is 13.5 Å². The van der Waals surface area contributed by atoms with Crippen LogP contribution < -0.4 is 0 Å². The number of aryl methyl sites for hydroxylation is 1. The van der Waals surface area contributed by atoms with Crippen molar-refractivity contribution in [3.8, 4) is 11.5 Å². The summed E-state index contributed by atoms with van der Waals surface area (Å²) in [5, 5.41) is 9.68. The van der Waals surface area contributed by atoms with Gasteiger partial charge in [0.25, 0.3) is 0 Å². The lowest BCUT2D eigenvalue weighted by Gasteiger charge is -2.33. The maximum Gasteiger partial charge on any atom is 0.226 e. The molecular formula is C17H22ClN3O2. The van der Waals surface area contributed by atoms with Crippen molar-refractivity contribution in [1.82, 2.24) is 14.8 Å². The second-order valence-electron chi connectivity index (χ2n) is 5.87. The molecule has 5 nitrogen and oxygen atoms in total. The van der Waals surface area contributed by atoms with Crippen molar-refractivity contribution >= 4 is 11.6 Å². The first-order valence-corrected chi connectivity index (χ1v) is 8.31. The van der Waals surface area contributed by atoms with Crippen LogP contribution in [0.15, 0.2) is 28.7 Å². The van der Waals surface area contributed by atoms with Gasteiger partial charge in [0.05, 0.1) is 12.3 Å². The smallest absolute Gasteiger partial charge is 0.226 e. The molecule has 0 aliphatic carbocycles. The molecule has 0 radical (unpaired) electrons. The average Bonchev–Trinajstić information content (AvgIpc) is 2.91. The molecule has 1 aliphatic rings. The molecule has 124 valence electrons. The second kappa shape index (κ2) is 7.45. The third-order valence-corrected chi connectivity index (χ3v) is 4.45. The summed E-state index contributed by atoms with van der Waals surface area (Å²) in [5.41, 5.74) is 1.88. The van der Waals surface area contributed by atoms with Crippen molar-refractivity contribution in [1.29, 1.82) is 0 Å². The van der Waals surface area contributed by atoms with Crippen LogP contribution >= 0.6 is 11.6 Å². The predicted molar refractivity (Wildman–Crippen MR) is 90.5 cm³/mol. The first-order chi connectivity index (χ1) is 11.2. The summed E-state index contributed by atoms with van der Waals surface area (Å²) < 4.78 is 5.82. The van der Waals surface area contributed by atoms with Gasteiger partial charge in [0, 0.05) is 49.9 Å². The van der Waals surface area contributed by atoms with Crippen LogP contribution in [0.1, 0.15) is 11.5 Å². The topological polar surface area (TPSA) is 52.7 Å². The SMILES string of the molecule is Cc1oc(-c2cccc(Cl)c2)nc1CN1CCN(CCO)CC1. The van der Waals surface area contributed by atoms with Crippen LogP contribution in [0.3, 0.4) is 0 Å². The van der Waals surface area contributed by atoms with Crippen molar-refractivity contribution < 1.29 is 9.52 Å². The zero-order chi connectivity index (χ0) is 16.2. The highest BCUT2D eigenvalue weighted by atomic mass is 35.5. The van der Waals surface area contributed by atoms with Crippen molar-refractivity contribution in [3.63, 3.8) is 0 Å². The minimum absolute atomic E-state index is 0.228. The number of hydrogen-bond donors (Lipinski definition) is 1. The largest absolute Gasteiger partial charge is 0.441 e. The third kappa shape index (κ3) is 4.12. The number of benzene rings is 1. The molecule has 1 saturated heterocycles. The number of piperazine rings is 1. The molecule has 23 heavy (non-hydrogen) atoms. The maximum atomic E-state index is 9.00. The van der Waals surface area contributed by atoms with E-state index in [-0.39, 0.29) is 6.61 Å². The number of β-amino-alcohol motifs (C(OH)–C–C–N with tert-alkyl or cyclic N) is 1. The predicted octanol–water partition coefficient (Wildman–Crippen LogP) is 2.41. The Morgan fingerprint density at radius 3 is 2.65 bits per heavy atom. The molecule has 0 amide bonds. The Kier molecular flexibility index (Phi) is 5.33. The van der Waals surface area contributed by atoms with E-state index in [1.54, 1.807) is 0 Å². The zero-order valence-corrected chi connectivity index (χ0v) is 14.1. The van der Waals surface area contributed by atoms with Gasteiger partial charge in [0.2, 0.25) is 5.89 Å². The van der Waals surface area contributed by atoms with Gasteiger partial charge in [-0.15, -0.1) is 0 Å². The van der Waals surface area contributed by atoms with E-state index < -0.39 is 0 Å². The van der Waals surface area contributed by atoms with E-state index in [1.165, 1.54) is 0 Å². The molecule has 2 aromatic rings. The summed E-state index contributed by atoms with van der Waals surface area (Å²) in [7, 11) is 0. The first kappa shape index (κ1) is 16.5. The molecule has 1 aliphatic heterocycles. The van der Waals surface area contributed by atoms with Gasteiger partial charge in [-0.2, -0.15) is 0 Å². The molecule has 0 spiro atoms. The number of nitrogens with zero attached hydrogens (tertiary/aromatic N) is 3. The van der Waals surface area contributed by atoms with Gasteiger partial charge in [-0.1, -0.05) is 17.7 Å². The summed E-state index contributed by atoms with van der Waals surface area (Å²) in [6.45, 7) is 7.68. The molecular weight excluding hydrogens is 314 g/mol. The fourth-order valence-corrected chi connectivity index (χ4v) is 3.03. The lowest BCUT2D eigenvalue weighted by Crippen LogP contribution is -2.46. The van der Waals surface area contributed by atoms with Gasteiger partial charge < -0.3 is 9.52 Å². The highest BCUT2D eigenvalue weighted by Gasteiger charge is 2.19. The Balaban J connectivity index is 1.65. The van der Waals surface area contributed by atoms with Crippen LogP contribution in [-0.4, -0.2) is 59.2 Å². The molecule has 6 heteroatoms. The highest BCUT2D eigenvalue weighted by Crippen LogP contribution is 2.25. The molecule has 0 saturated carbocycles. The Morgan fingerprint density at radius 1 is 1.22 bits per heavy atom. The zero-order valence-electron chi connectivity index (χ0n) is 13.3. The fraction of sp³-hybridized carbons (Fsp3) is 0.471. The third-order valence-electron chi connectivity index (χ3n) is 4.22. The molecule has 1 aromatic carbocycles. The van der Waals surface area contributed by atoms with Gasteiger partial charge in [0.1, 0.15) is 5.76 Å². The van der Waals surface area contributed by atoms with Gasteiger partial charge in [-0.3, -0.25) is 9.80 Å². The minimum atomic E-state index is 0.228. The number of aliphatic hydroxyl groups excluding tert-OH is 1. The second-order valence-corrected chi connectivity index (χ2v) is 6.31. The minimum Gasteiger partial charge on any atom is -0.441 e. The normalized spacial score (nSPS) is 16.8. The summed E-state index contributed by atoms with van der Waals surface area (Å²) in [5.74, 6) is 1.48. The lowest BCUT2D eigenvalue weighted by atomic mass is 10.2. The molecule has 3 rings (SSSR count). The number of hydrogen-bond acceptors (Lipinski definition) is 5. The summed E-state index contributed by atoms with van der Waals surface area (Å²) in [4.78, 5) is 9.31. The van der Waals surface area contributed by atoms with Crippen LogP contribution in [-0.2, 0) is 6.54 Å². The monoisotopic (exact) mass is 335 g/mol. The van der Waals surface area contributed by atoms with E-state index in [1.807, 2.05) is 31.2 Å². The number of aliphatic hydroxyl groups is 1. The fourth-order valence-electron chi connectivity index (χ4n) is 2.84. The molecule has 1 fully saturated rings. The molecule has 0 atom stereocenters. The average molecular weight is 336 g/mol. The summed E-state index contributed by atoms with van der Waals surface area (Å²) in [6, 6.07) is 7.56. The molecule has 0 unspecified atom stereocenters. The Labute approximate surface area is 141 Å². The molecule has 0 bridgehead atoms. The van der Waals surface area contributed by atoms with Crippen LogP contribution in [0.25, 0.3) is 11.5 Å². The Morgan fingerprint density at radius 2 is 1.96 bits per heavy atom. The van der Waals surface area contributed by atoms with Crippen molar-refractivity contribution in [2.24, 2.45) is 0 Å². The van der Waals surface area contributed by atoms with Gasteiger partial charge in [-0.25, -0.2) is 4.98 Å². The molecule has 2 heterocycles. The van der Waals surface area contributed by atoms with E-state index in [4.69, 9.17) is 21.1 Å². The van der Waals surface area contributed by atoms with Gasteiger partial charge in [-0.05, 0) is 25.1 Å². The highest BCUT2D eigenvalue weighted by molar-refractivity contribution is 6.30. The number of aromatic nitrogens is 1. The van der Waals surface area contributed by atoms with Crippen LogP contribution in [0.4, 0.5) is 0 Å². The number of rotatable bonds is 5. The van der Waals surface area contributed by atoms with Crippen LogP contribution in [0, 0.1) is 6.92 Å². The maximum absolute atomic E-state index is 9.00. The first-order valence-electron chi connectivity index (χ1n) is 7.93. The van der Waals surface area contributed by atoms with E-state index in [9.17, 15) is 0 Å². The standard InChI is InChI=1S/C17H22ClN3O2/c1-13-16(12-21-7-5-20(6-8-21)9-10-22)19-17(23-13)14-3-2-4-15(18)11-14/h2-4,11,22H,5-10,12H2,1H3. The van der Waals surface area contributed by atoms with Crippen LogP contribution in [0.2, 0.25) is 5.02 Å². The van der Waals surface area contributed by atoms with Crippen molar-refractivity contribution in [3.05, 3.63) is 40.7 Å². The Bertz CT molecular complexity index is 651. The molecule has 1 aromatic heterocycles. The van der Waals surface area contributed by atoms with Gasteiger partial charge >= 0.3 is 0 Å². The van der Waals surface area contributed by atoms with E-state index in [0.717, 1.165) is 56.3 Å². The van der Waals surface area contributed by atoms with E-state index in [2.05, 4.69) is 14.8 Å². The summed E-state index contributed by atoms with van der Waals surface area (Å²) >= 11 is 6.04. The number of halogens is 1. The quantitative estimate of drug-likeness (QED) is 0.909. The van der Waals surface area contributed by atoms with Crippen molar-refractivity contribution in [2.75, 3.05) is 39.3 Å². The van der Waals surface area contributed by atoms with E-state index in [0.29, 0.717) is 10.9 Å². The summed E-state index contributed by atoms with van der Waals surface area (Å²) in [6.07, 6.45) is 0. The van der Waals surface area contributed by atoms with Gasteiger partial charge in [0.15, 0.2) is 0 Å². The Hall–Kier alpha value is -1.40.